The van der Waals surface area contributed by atoms with Gasteiger partial charge in [0.2, 0.25) is 5.91 Å². The number of hydrogen-bond donors (Lipinski definition) is 1. The summed E-state index contributed by atoms with van der Waals surface area (Å²) >= 11 is 5.98. The Morgan fingerprint density at radius 2 is 2.26 bits per heavy atom. The fourth-order valence-corrected chi connectivity index (χ4v) is 4.24. The molecule has 0 radical (unpaired) electrons. The summed E-state index contributed by atoms with van der Waals surface area (Å²) < 4.78 is 13.3. The van der Waals surface area contributed by atoms with Crippen molar-refractivity contribution in [2.75, 3.05) is 13.6 Å². The van der Waals surface area contributed by atoms with E-state index in [1.807, 2.05) is 11.9 Å². The predicted octanol–water partition coefficient (Wildman–Crippen LogP) is 3.00. The van der Waals surface area contributed by atoms with Gasteiger partial charge in [-0.25, -0.2) is 4.39 Å². The van der Waals surface area contributed by atoms with Gasteiger partial charge in [0.25, 0.3) is 5.91 Å². The molecule has 2 unspecified atom stereocenters. The van der Waals surface area contributed by atoms with Gasteiger partial charge in [0, 0.05) is 31.5 Å². The molecule has 0 bridgehead atoms. The summed E-state index contributed by atoms with van der Waals surface area (Å²) in [6, 6.07) is 3.94. The summed E-state index contributed by atoms with van der Waals surface area (Å²) in [6.07, 6.45) is 4.33. The van der Waals surface area contributed by atoms with Crippen LogP contribution in [-0.4, -0.2) is 36.3 Å². The van der Waals surface area contributed by atoms with E-state index in [4.69, 9.17) is 11.6 Å². The molecule has 2 fully saturated rings. The molecule has 1 heterocycles. The van der Waals surface area contributed by atoms with Gasteiger partial charge in [-0.05, 0) is 37.5 Å². The quantitative estimate of drug-likeness (QED) is 0.921. The Labute approximate surface area is 140 Å². The van der Waals surface area contributed by atoms with Gasteiger partial charge in [-0.3, -0.25) is 9.59 Å². The molecule has 2 amide bonds. The Morgan fingerprint density at radius 3 is 3.04 bits per heavy atom. The first-order chi connectivity index (χ1) is 10.9. The van der Waals surface area contributed by atoms with Gasteiger partial charge >= 0.3 is 0 Å². The van der Waals surface area contributed by atoms with Crippen LogP contribution >= 0.6 is 11.6 Å². The monoisotopic (exact) mass is 338 g/mol. The highest BCUT2D eigenvalue weighted by molar-refractivity contribution is 6.33. The Bertz CT molecular complexity index is 651. The van der Waals surface area contributed by atoms with Crippen LogP contribution in [0, 0.1) is 11.2 Å². The third kappa shape index (κ3) is 2.94. The maximum absolute atomic E-state index is 13.3. The number of rotatable bonds is 3. The maximum Gasteiger partial charge on any atom is 0.252 e. The molecule has 0 aromatic heterocycles. The van der Waals surface area contributed by atoms with E-state index in [1.54, 1.807) is 0 Å². The van der Waals surface area contributed by atoms with Gasteiger partial charge in [-0.2, -0.15) is 0 Å². The van der Waals surface area contributed by atoms with Crippen molar-refractivity contribution in [3.8, 4) is 0 Å². The lowest BCUT2D eigenvalue weighted by Crippen LogP contribution is -2.54. The van der Waals surface area contributed by atoms with Gasteiger partial charge in [0.15, 0.2) is 0 Å². The Kier molecular flexibility index (Phi) is 4.32. The van der Waals surface area contributed by atoms with Crippen LogP contribution in [0.5, 0.6) is 0 Å². The van der Waals surface area contributed by atoms with E-state index in [0.717, 1.165) is 31.7 Å². The van der Waals surface area contributed by atoms with Crippen LogP contribution in [0.2, 0.25) is 5.02 Å². The van der Waals surface area contributed by atoms with E-state index in [9.17, 15) is 14.0 Å². The first-order valence-electron chi connectivity index (χ1n) is 7.92. The minimum atomic E-state index is -0.487. The maximum atomic E-state index is 13.3. The number of fused-ring (bicyclic) bond motifs is 1. The summed E-state index contributed by atoms with van der Waals surface area (Å²) in [5.74, 6) is -0.680. The number of carbonyl (C=O) groups is 2. The topological polar surface area (TPSA) is 49.4 Å². The molecule has 2 aliphatic rings. The zero-order chi connectivity index (χ0) is 16.6. The Morgan fingerprint density at radius 1 is 1.48 bits per heavy atom. The largest absolute Gasteiger partial charge is 0.351 e. The number of benzene rings is 1. The standard InChI is InChI=1S/C17H20ClFN2O2/c1-21-14-3-2-7-17(14,8-6-15(21)22)10-20-16(23)12-9-11(19)4-5-13(12)18/h4-5,9,14H,2-3,6-8,10H2,1H3,(H,20,23). The van der Waals surface area contributed by atoms with Gasteiger partial charge in [0.05, 0.1) is 10.6 Å². The molecule has 1 saturated heterocycles. The van der Waals surface area contributed by atoms with Crippen molar-refractivity contribution in [2.45, 2.75) is 38.1 Å². The predicted molar refractivity (Wildman–Crippen MR) is 85.8 cm³/mol. The number of nitrogens with zero attached hydrogens (tertiary/aromatic N) is 1. The number of likely N-dealkylation sites (tertiary alicyclic amines) is 1. The third-order valence-corrected chi connectivity index (χ3v) is 5.66. The van der Waals surface area contributed by atoms with Crippen molar-refractivity contribution in [3.05, 3.63) is 34.6 Å². The summed E-state index contributed by atoms with van der Waals surface area (Å²) in [5.41, 5.74) is 0.0795. The molecule has 0 spiro atoms. The highest BCUT2D eigenvalue weighted by Crippen LogP contribution is 2.47. The highest BCUT2D eigenvalue weighted by atomic mass is 35.5. The number of carbonyl (C=O) groups excluding carboxylic acids is 2. The van der Waals surface area contributed by atoms with Gasteiger partial charge in [0.1, 0.15) is 5.82 Å². The second-order valence-electron chi connectivity index (χ2n) is 6.58. The van der Waals surface area contributed by atoms with E-state index in [-0.39, 0.29) is 33.9 Å². The van der Waals surface area contributed by atoms with Gasteiger partial charge < -0.3 is 10.2 Å². The molecule has 23 heavy (non-hydrogen) atoms. The molecule has 124 valence electrons. The summed E-state index contributed by atoms with van der Waals surface area (Å²) in [5, 5.41) is 3.14. The molecule has 4 nitrogen and oxygen atoms in total. The fraction of sp³-hybridized carbons (Fsp3) is 0.529. The molecule has 1 aliphatic carbocycles. The van der Waals surface area contributed by atoms with Crippen LogP contribution in [0.25, 0.3) is 0 Å². The number of nitrogens with one attached hydrogen (secondary N) is 1. The average molecular weight is 339 g/mol. The van der Waals surface area contributed by atoms with Crippen LogP contribution < -0.4 is 5.32 Å². The van der Waals surface area contributed by atoms with Crippen molar-refractivity contribution >= 4 is 23.4 Å². The summed E-state index contributed by atoms with van der Waals surface area (Å²) in [7, 11) is 1.84. The zero-order valence-electron chi connectivity index (χ0n) is 13.1. The van der Waals surface area contributed by atoms with Crippen molar-refractivity contribution in [2.24, 2.45) is 5.41 Å². The van der Waals surface area contributed by atoms with Crippen molar-refractivity contribution < 1.29 is 14.0 Å². The first kappa shape index (κ1) is 16.2. The van der Waals surface area contributed by atoms with Gasteiger partial charge in [-0.15, -0.1) is 0 Å². The molecule has 1 aliphatic heterocycles. The van der Waals surface area contributed by atoms with Gasteiger partial charge in [-0.1, -0.05) is 18.0 Å². The molecule has 6 heteroatoms. The summed E-state index contributed by atoms with van der Waals surface area (Å²) in [4.78, 5) is 26.1. The van der Waals surface area contributed by atoms with Crippen LogP contribution in [0.3, 0.4) is 0 Å². The lowest BCUT2D eigenvalue weighted by Gasteiger charge is -2.44. The Hall–Kier alpha value is -1.62. The zero-order valence-corrected chi connectivity index (χ0v) is 13.8. The fourth-order valence-electron chi connectivity index (χ4n) is 4.04. The normalized spacial score (nSPS) is 27.0. The van der Waals surface area contributed by atoms with Crippen LogP contribution in [-0.2, 0) is 4.79 Å². The molecule has 1 aromatic rings. The lowest BCUT2D eigenvalue weighted by molar-refractivity contribution is -0.139. The molecular weight excluding hydrogens is 319 g/mol. The molecule has 1 N–H and O–H groups in total. The minimum Gasteiger partial charge on any atom is -0.351 e. The lowest BCUT2D eigenvalue weighted by atomic mass is 9.74. The second kappa shape index (κ2) is 6.11. The van der Waals surface area contributed by atoms with Crippen LogP contribution in [0.15, 0.2) is 18.2 Å². The summed E-state index contributed by atoms with van der Waals surface area (Å²) in [6.45, 7) is 0.487. The second-order valence-corrected chi connectivity index (χ2v) is 6.99. The number of halogens is 2. The molecule has 1 saturated carbocycles. The number of piperidine rings is 1. The van der Waals surface area contributed by atoms with E-state index in [0.29, 0.717) is 13.0 Å². The van der Waals surface area contributed by atoms with E-state index in [2.05, 4.69) is 5.32 Å². The third-order valence-electron chi connectivity index (χ3n) is 5.33. The number of hydrogen-bond acceptors (Lipinski definition) is 2. The van der Waals surface area contributed by atoms with E-state index in [1.165, 1.54) is 12.1 Å². The van der Waals surface area contributed by atoms with Crippen molar-refractivity contribution in [3.63, 3.8) is 0 Å². The van der Waals surface area contributed by atoms with Crippen molar-refractivity contribution in [1.29, 1.82) is 0 Å². The number of amides is 2. The highest BCUT2D eigenvalue weighted by Gasteiger charge is 2.49. The van der Waals surface area contributed by atoms with Crippen molar-refractivity contribution in [1.82, 2.24) is 10.2 Å². The smallest absolute Gasteiger partial charge is 0.252 e. The molecule has 3 rings (SSSR count). The first-order valence-corrected chi connectivity index (χ1v) is 8.30. The Balaban J connectivity index is 1.73. The average Bonchev–Trinajstić information content (AvgIpc) is 2.96. The van der Waals surface area contributed by atoms with E-state index < -0.39 is 5.82 Å². The van der Waals surface area contributed by atoms with Crippen LogP contribution in [0.1, 0.15) is 42.5 Å². The van der Waals surface area contributed by atoms with E-state index >= 15 is 0 Å². The molecule has 2 atom stereocenters. The minimum absolute atomic E-state index is 0.0713. The SMILES string of the molecule is CN1C(=O)CCC2(CNC(=O)c3cc(F)ccc3Cl)CCCC12. The molecular formula is C17H20ClFN2O2. The molecule has 1 aromatic carbocycles. The van der Waals surface area contributed by atoms with Crippen LogP contribution in [0.4, 0.5) is 4.39 Å².